The fourth-order valence-corrected chi connectivity index (χ4v) is 0.989. The third kappa shape index (κ3) is 8.05. The van der Waals surface area contributed by atoms with Crippen molar-refractivity contribution >= 4 is 0 Å². The van der Waals surface area contributed by atoms with E-state index in [0.717, 1.165) is 0 Å². The summed E-state index contributed by atoms with van der Waals surface area (Å²) >= 11 is 0. The maximum absolute atomic E-state index is 11.9. The van der Waals surface area contributed by atoms with Crippen LogP contribution in [0.25, 0.3) is 0 Å². The van der Waals surface area contributed by atoms with Crippen LogP contribution >= 0.6 is 0 Å². The predicted molar refractivity (Wildman–Crippen MR) is 46.4 cm³/mol. The van der Waals surface area contributed by atoms with Crippen LogP contribution in [0.2, 0.25) is 0 Å². The van der Waals surface area contributed by atoms with E-state index in [1.54, 1.807) is 13.8 Å². The van der Waals surface area contributed by atoms with Crippen LogP contribution < -0.4 is 5.73 Å². The highest BCUT2D eigenvalue weighted by Gasteiger charge is 2.29. The largest absolute Gasteiger partial charge is 0.401 e. The lowest BCUT2D eigenvalue weighted by molar-refractivity contribution is -0.145. The van der Waals surface area contributed by atoms with E-state index in [1.807, 2.05) is 0 Å². The molecule has 0 aromatic heterocycles. The number of nitrogens with two attached hydrogens (primary N) is 1. The van der Waals surface area contributed by atoms with E-state index in [1.165, 1.54) is 4.90 Å². The van der Waals surface area contributed by atoms with E-state index >= 15 is 0 Å². The Morgan fingerprint density at radius 2 is 1.92 bits per heavy atom. The van der Waals surface area contributed by atoms with E-state index < -0.39 is 12.7 Å². The molecule has 1 unspecified atom stereocenters. The third-order valence-electron chi connectivity index (χ3n) is 1.75. The molecule has 0 aromatic rings. The van der Waals surface area contributed by atoms with Crippen molar-refractivity contribution in [3.8, 4) is 0 Å². The molecule has 1 atom stereocenters. The monoisotopic (exact) mass is 198 g/mol. The Morgan fingerprint density at radius 1 is 1.38 bits per heavy atom. The van der Waals surface area contributed by atoms with Crippen LogP contribution in [0.1, 0.15) is 20.3 Å². The summed E-state index contributed by atoms with van der Waals surface area (Å²) in [5, 5.41) is 0. The molecule has 0 radical (unpaired) electrons. The Hall–Kier alpha value is -0.290. The zero-order valence-corrected chi connectivity index (χ0v) is 8.06. The van der Waals surface area contributed by atoms with Crippen molar-refractivity contribution < 1.29 is 13.2 Å². The van der Waals surface area contributed by atoms with Crippen molar-refractivity contribution in [2.24, 2.45) is 5.73 Å². The number of hydrogen-bond acceptors (Lipinski definition) is 2. The molecule has 0 aliphatic heterocycles. The Balaban J connectivity index is 3.76. The van der Waals surface area contributed by atoms with Gasteiger partial charge in [-0.1, -0.05) is 6.92 Å². The molecule has 0 saturated heterocycles. The van der Waals surface area contributed by atoms with Crippen LogP contribution in [-0.4, -0.2) is 36.8 Å². The summed E-state index contributed by atoms with van der Waals surface area (Å²) in [6.45, 7) is 3.49. The van der Waals surface area contributed by atoms with Gasteiger partial charge in [0.05, 0.1) is 6.54 Å². The summed E-state index contributed by atoms with van der Waals surface area (Å²) in [7, 11) is 0. The van der Waals surface area contributed by atoms with Crippen molar-refractivity contribution in [1.82, 2.24) is 4.90 Å². The molecule has 0 bridgehead atoms. The number of hydrogen-bond donors (Lipinski definition) is 1. The molecule has 0 spiro atoms. The summed E-state index contributed by atoms with van der Waals surface area (Å²) in [5.74, 6) is 0. The Labute approximate surface area is 76.9 Å². The summed E-state index contributed by atoms with van der Waals surface area (Å²) in [6, 6.07) is -0.0396. The first kappa shape index (κ1) is 12.7. The number of halogens is 3. The minimum Gasteiger partial charge on any atom is -0.328 e. The van der Waals surface area contributed by atoms with Gasteiger partial charge in [0, 0.05) is 6.04 Å². The van der Waals surface area contributed by atoms with E-state index in [4.69, 9.17) is 5.73 Å². The van der Waals surface area contributed by atoms with Crippen molar-refractivity contribution in [3.63, 3.8) is 0 Å². The van der Waals surface area contributed by atoms with Gasteiger partial charge in [-0.2, -0.15) is 13.2 Å². The molecular weight excluding hydrogens is 181 g/mol. The van der Waals surface area contributed by atoms with Gasteiger partial charge in [0.15, 0.2) is 0 Å². The highest BCUT2D eigenvalue weighted by Crippen LogP contribution is 2.16. The van der Waals surface area contributed by atoms with Crippen molar-refractivity contribution in [3.05, 3.63) is 0 Å². The van der Waals surface area contributed by atoms with Gasteiger partial charge in [-0.15, -0.1) is 0 Å². The van der Waals surface area contributed by atoms with Crippen LogP contribution in [0.3, 0.4) is 0 Å². The van der Waals surface area contributed by atoms with Gasteiger partial charge >= 0.3 is 6.18 Å². The molecule has 0 aliphatic carbocycles. The molecule has 0 heterocycles. The van der Waals surface area contributed by atoms with E-state index in [9.17, 15) is 13.2 Å². The summed E-state index contributed by atoms with van der Waals surface area (Å²) < 4.78 is 35.8. The molecule has 0 fully saturated rings. The van der Waals surface area contributed by atoms with Gasteiger partial charge in [-0.25, -0.2) is 0 Å². The Bertz CT molecular complexity index is 134. The van der Waals surface area contributed by atoms with Crippen LogP contribution in [0.15, 0.2) is 0 Å². The van der Waals surface area contributed by atoms with Gasteiger partial charge in [-0.3, -0.25) is 4.90 Å². The van der Waals surface area contributed by atoms with Crippen molar-refractivity contribution in [2.45, 2.75) is 32.5 Å². The lowest BCUT2D eigenvalue weighted by atomic mass is 10.2. The van der Waals surface area contributed by atoms with E-state index in [2.05, 4.69) is 0 Å². The summed E-state index contributed by atoms with van der Waals surface area (Å²) in [4.78, 5) is 1.35. The second-order valence-electron chi connectivity index (χ2n) is 3.25. The standard InChI is InChI=1S/C8H17F3N2/c1-3-13(5-4-7(2)12)6-8(9,10)11/h7H,3-6,12H2,1-2H3. The van der Waals surface area contributed by atoms with Crippen LogP contribution in [0.4, 0.5) is 13.2 Å². The molecule has 80 valence electrons. The molecule has 2 N–H and O–H groups in total. The molecule has 0 saturated carbocycles. The molecule has 2 nitrogen and oxygen atoms in total. The van der Waals surface area contributed by atoms with Gasteiger partial charge in [0.2, 0.25) is 0 Å². The number of nitrogens with zero attached hydrogens (tertiary/aromatic N) is 1. The average Bonchev–Trinajstić information content (AvgIpc) is 1.95. The Morgan fingerprint density at radius 3 is 2.23 bits per heavy atom. The first-order chi connectivity index (χ1) is 5.85. The SMILES string of the molecule is CCN(CCC(C)N)CC(F)(F)F. The van der Waals surface area contributed by atoms with Crippen LogP contribution in [0.5, 0.6) is 0 Å². The third-order valence-corrected chi connectivity index (χ3v) is 1.75. The topological polar surface area (TPSA) is 29.3 Å². The van der Waals surface area contributed by atoms with Gasteiger partial charge in [-0.05, 0) is 26.4 Å². The normalized spacial score (nSPS) is 15.0. The maximum atomic E-state index is 11.9. The minimum absolute atomic E-state index is 0.0396. The number of rotatable bonds is 5. The van der Waals surface area contributed by atoms with Gasteiger partial charge in [0.25, 0.3) is 0 Å². The average molecular weight is 198 g/mol. The van der Waals surface area contributed by atoms with Gasteiger partial charge in [0.1, 0.15) is 0 Å². The molecule has 0 amide bonds. The smallest absolute Gasteiger partial charge is 0.328 e. The molecule has 0 aromatic carbocycles. The lowest BCUT2D eigenvalue weighted by Gasteiger charge is -2.22. The predicted octanol–water partition coefficient (Wildman–Crippen LogP) is 1.61. The zero-order valence-electron chi connectivity index (χ0n) is 8.06. The lowest BCUT2D eigenvalue weighted by Crippen LogP contribution is -2.36. The fraction of sp³-hybridized carbons (Fsp3) is 1.00. The second kappa shape index (κ2) is 5.44. The molecule has 13 heavy (non-hydrogen) atoms. The highest BCUT2D eigenvalue weighted by molar-refractivity contribution is 4.64. The zero-order chi connectivity index (χ0) is 10.5. The Kier molecular flexibility index (Phi) is 5.32. The fourth-order valence-electron chi connectivity index (χ4n) is 0.989. The van der Waals surface area contributed by atoms with Crippen molar-refractivity contribution in [2.75, 3.05) is 19.6 Å². The molecule has 0 aliphatic rings. The van der Waals surface area contributed by atoms with Crippen molar-refractivity contribution in [1.29, 1.82) is 0 Å². The summed E-state index contributed by atoms with van der Waals surface area (Å²) in [6.07, 6.45) is -3.50. The van der Waals surface area contributed by atoms with E-state index in [0.29, 0.717) is 19.5 Å². The van der Waals surface area contributed by atoms with Crippen LogP contribution in [-0.2, 0) is 0 Å². The van der Waals surface area contributed by atoms with Crippen LogP contribution in [0, 0.1) is 0 Å². The quantitative estimate of drug-likeness (QED) is 0.727. The van der Waals surface area contributed by atoms with E-state index in [-0.39, 0.29) is 6.04 Å². The summed E-state index contributed by atoms with van der Waals surface area (Å²) in [5.41, 5.74) is 5.45. The maximum Gasteiger partial charge on any atom is 0.401 e. The molecular formula is C8H17F3N2. The first-order valence-corrected chi connectivity index (χ1v) is 4.40. The molecule has 0 rings (SSSR count). The number of alkyl halides is 3. The highest BCUT2D eigenvalue weighted by atomic mass is 19.4. The first-order valence-electron chi connectivity index (χ1n) is 4.40. The minimum atomic E-state index is -4.10. The second-order valence-corrected chi connectivity index (χ2v) is 3.25. The van der Waals surface area contributed by atoms with Gasteiger partial charge < -0.3 is 5.73 Å². The molecule has 5 heteroatoms.